The molecule has 1 aliphatic carbocycles. The van der Waals surface area contributed by atoms with E-state index in [9.17, 15) is 0 Å². The van der Waals surface area contributed by atoms with Crippen LogP contribution in [0.3, 0.4) is 0 Å². The number of fused-ring (bicyclic) bond motifs is 1. The van der Waals surface area contributed by atoms with Crippen LogP contribution in [-0.2, 0) is 0 Å². The predicted molar refractivity (Wildman–Crippen MR) is 33.1 cm³/mol. The first-order valence-electron chi connectivity index (χ1n) is 3.29. The average molecular weight is 133 g/mol. The molecular weight excluding hydrogens is 121 g/mol. The molecule has 2 aliphatic rings. The van der Waals surface area contributed by atoms with E-state index in [1.165, 1.54) is 6.54 Å². The fourth-order valence-electron chi connectivity index (χ4n) is 1.83. The van der Waals surface area contributed by atoms with Gasteiger partial charge in [0.25, 0.3) is 0 Å². The molecular formula is C7H12NNa. The van der Waals surface area contributed by atoms with Crippen LogP contribution in [0, 0.1) is 23.8 Å². The van der Waals surface area contributed by atoms with E-state index in [0.29, 0.717) is 5.41 Å². The Balaban J connectivity index is 0.000000405. The van der Waals surface area contributed by atoms with Gasteiger partial charge in [-0.2, -0.15) is 0 Å². The molecule has 1 N–H and O–H groups in total. The second-order valence-electron chi connectivity index (χ2n) is 3.53. The molecule has 0 unspecified atom stereocenters. The Bertz CT molecular complexity index is 110. The van der Waals surface area contributed by atoms with E-state index in [0.717, 1.165) is 11.8 Å². The quantitative estimate of drug-likeness (QED) is 0.298. The second kappa shape index (κ2) is 2.23. The molecule has 9 heavy (non-hydrogen) atoms. The second-order valence-corrected chi connectivity index (χ2v) is 3.53. The van der Waals surface area contributed by atoms with E-state index in [4.69, 9.17) is 0 Å². The van der Waals surface area contributed by atoms with Crippen molar-refractivity contribution in [1.82, 2.24) is 5.32 Å². The Morgan fingerprint density at radius 2 is 2.22 bits per heavy atom. The summed E-state index contributed by atoms with van der Waals surface area (Å²) in [4.78, 5) is 0. The topological polar surface area (TPSA) is 12.0 Å². The van der Waals surface area contributed by atoms with E-state index < -0.39 is 0 Å². The van der Waals surface area contributed by atoms with Crippen molar-refractivity contribution in [2.75, 3.05) is 6.54 Å². The molecule has 2 rings (SSSR count). The van der Waals surface area contributed by atoms with E-state index >= 15 is 0 Å². The first-order chi connectivity index (χ1) is 3.73. The van der Waals surface area contributed by atoms with E-state index in [2.05, 4.69) is 25.7 Å². The van der Waals surface area contributed by atoms with Gasteiger partial charge in [-0.3, -0.25) is 6.54 Å². The Kier molecular flexibility index (Phi) is 2.00. The summed E-state index contributed by atoms with van der Waals surface area (Å²) in [6.45, 7) is 8.17. The number of piperidine rings is 1. The number of hydrogen-bond acceptors (Lipinski definition) is 1. The van der Waals surface area contributed by atoms with Crippen molar-refractivity contribution in [3.8, 4) is 0 Å². The Morgan fingerprint density at radius 1 is 1.56 bits per heavy atom. The monoisotopic (exact) mass is 133 g/mol. The Morgan fingerprint density at radius 3 is 2.44 bits per heavy atom. The van der Waals surface area contributed by atoms with E-state index in [1.807, 2.05) is 0 Å². The third kappa shape index (κ3) is 0.988. The number of rotatable bonds is 0. The molecule has 1 nitrogen and oxygen atoms in total. The Labute approximate surface area is 78.9 Å². The van der Waals surface area contributed by atoms with Crippen molar-refractivity contribution in [3.05, 3.63) is 6.54 Å². The third-order valence-corrected chi connectivity index (χ3v) is 2.77. The molecule has 2 atom stereocenters. The third-order valence-electron chi connectivity index (χ3n) is 2.77. The van der Waals surface area contributed by atoms with Crippen LogP contribution >= 0.6 is 0 Å². The Hall–Kier alpha value is 0.960. The van der Waals surface area contributed by atoms with Crippen LogP contribution in [0.4, 0.5) is 0 Å². The molecule has 0 aromatic carbocycles. The molecule has 1 saturated carbocycles. The average Bonchev–Trinajstić information content (AvgIpc) is 2.22. The van der Waals surface area contributed by atoms with Gasteiger partial charge in [0.15, 0.2) is 0 Å². The van der Waals surface area contributed by atoms with Crippen molar-refractivity contribution >= 4 is 0 Å². The van der Waals surface area contributed by atoms with Gasteiger partial charge in [0.1, 0.15) is 0 Å². The zero-order valence-corrected chi connectivity index (χ0v) is 8.44. The van der Waals surface area contributed by atoms with Gasteiger partial charge in [-0.1, -0.05) is 25.2 Å². The normalized spacial score (nSPS) is 43.3. The minimum atomic E-state index is 0. The standard InChI is InChI=1S/C7H12N.Na/c1-7(2)5-3-8-4-6(5)7;/h3,5-6,8H,4H2,1-2H3;/q-1;+1/t5-,6+;/m0./s1. The van der Waals surface area contributed by atoms with Crippen LogP contribution < -0.4 is 34.9 Å². The number of hydrogen-bond donors (Lipinski definition) is 1. The molecule has 0 aromatic rings. The molecule has 1 aliphatic heterocycles. The summed E-state index contributed by atoms with van der Waals surface area (Å²) in [5.41, 5.74) is 0.644. The largest absolute Gasteiger partial charge is 1.00 e. The predicted octanol–water partition coefficient (Wildman–Crippen LogP) is -1.97. The molecule has 0 spiro atoms. The van der Waals surface area contributed by atoms with Gasteiger partial charge in [0.2, 0.25) is 0 Å². The van der Waals surface area contributed by atoms with Gasteiger partial charge in [-0.15, -0.1) is 5.92 Å². The summed E-state index contributed by atoms with van der Waals surface area (Å²) < 4.78 is 0. The maximum atomic E-state index is 3.25. The molecule has 2 fully saturated rings. The fraction of sp³-hybridized carbons (Fsp3) is 0.857. The molecule has 0 amide bonds. The maximum Gasteiger partial charge on any atom is 1.00 e. The van der Waals surface area contributed by atoms with Gasteiger partial charge in [-0.25, -0.2) is 0 Å². The first-order valence-corrected chi connectivity index (χ1v) is 3.29. The SMILES string of the molecule is CC1(C)[C@@H]2CN[CH-][C@@H]21.[Na+]. The van der Waals surface area contributed by atoms with Crippen LogP contribution in [0.5, 0.6) is 0 Å². The van der Waals surface area contributed by atoms with Crippen LogP contribution in [0.25, 0.3) is 0 Å². The zero-order chi connectivity index (χ0) is 5.78. The zero-order valence-electron chi connectivity index (χ0n) is 6.44. The minimum absolute atomic E-state index is 0. The van der Waals surface area contributed by atoms with E-state index in [-0.39, 0.29) is 29.6 Å². The molecule has 1 heterocycles. The van der Waals surface area contributed by atoms with Crippen molar-refractivity contribution < 1.29 is 29.6 Å². The minimum Gasteiger partial charge on any atom is -0.469 e. The summed E-state index contributed by atoms with van der Waals surface area (Å²) >= 11 is 0. The van der Waals surface area contributed by atoms with E-state index in [1.54, 1.807) is 0 Å². The van der Waals surface area contributed by atoms with Crippen LogP contribution in [0.15, 0.2) is 0 Å². The summed E-state index contributed by atoms with van der Waals surface area (Å²) in [5.74, 6) is 1.85. The van der Waals surface area contributed by atoms with Crippen LogP contribution in [-0.4, -0.2) is 6.54 Å². The van der Waals surface area contributed by atoms with Gasteiger partial charge in [0, 0.05) is 0 Å². The van der Waals surface area contributed by atoms with Crippen LogP contribution in [0.1, 0.15) is 13.8 Å². The van der Waals surface area contributed by atoms with Crippen molar-refractivity contribution in [3.63, 3.8) is 0 Å². The maximum absolute atomic E-state index is 3.25. The van der Waals surface area contributed by atoms with Crippen molar-refractivity contribution in [1.29, 1.82) is 0 Å². The summed E-state index contributed by atoms with van der Waals surface area (Å²) in [7, 11) is 0. The van der Waals surface area contributed by atoms with Crippen molar-refractivity contribution in [2.45, 2.75) is 13.8 Å². The summed E-state index contributed by atoms with van der Waals surface area (Å²) in [6, 6.07) is 0. The summed E-state index contributed by atoms with van der Waals surface area (Å²) in [5, 5.41) is 3.25. The molecule has 0 aromatic heterocycles. The first kappa shape index (κ1) is 8.06. The fourth-order valence-corrected chi connectivity index (χ4v) is 1.83. The van der Waals surface area contributed by atoms with Gasteiger partial charge in [0.05, 0.1) is 0 Å². The van der Waals surface area contributed by atoms with Gasteiger partial charge < -0.3 is 5.32 Å². The van der Waals surface area contributed by atoms with Gasteiger partial charge in [-0.05, 0) is 6.54 Å². The molecule has 0 bridgehead atoms. The smallest absolute Gasteiger partial charge is 0.469 e. The molecule has 1 saturated heterocycles. The van der Waals surface area contributed by atoms with Crippen LogP contribution in [0.2, 0.25) is 0 Å². The van der Waals surface area contributed by atoms with Crippen molar-refractivity contribution in [2.24, 2.45) is 17.3 Å². The molecule has 46 valence electrons. The number of nitrogens with one attached hydrogen (secondary N) is 1. The summed E-state index contributed by atoms with van der Waals surface area (Å²) in [6.07, 6.45) is 0. The molecule has 2 heteroatoms. The van der Waals surface area contributed by atoms with Gasteiger partial charge >= 0.3 is 29.6 Å². The molecule has 0 radical (unpaired) electrons.